The van der Waals surface area contributed by atoms with Crippen molar-refractivity contribution in [2.75, 3.05) is 53.7 Å². The number of nitrogens with zero attached hydrogens (tertiary/aromatic N) is 1. The Morgan fingerprint density at radius 1 is 1.10 bits per heavy atom. The predicted octanol–water partition coefficient (Wildman–Crippen LogP) is 2.97. The fraction of sp³-hybridized carbons (Fsp3) is 0.667. The van der Waals surface area contributed by atoms with E-state index >= 15 is 0 Å². The lowest BCUT2D eigenvalue weighted by Crippen LogP contribution is -2.38. The van der Waals surface area contributed by atoms with Crippen molar-refractivity contribution in [2.24, 2.45) is 4.99 Å². The van der Waals surface area contributed by atoms with Gasteiger partial charge in [0.05, 0.1) is 26.4 Å². The highest BCUT2D eigenvalue weighted by molar-refractivity contribution is 14.0. The Bertz CT molecular complexity index is 551. The molecular weight excluding hydrogens is 485 g/mol. The highest BCUT2D eigenvalue weighted by Crippen LogP contribution is 2.12. The summed E-state index contributed by atoms with van der Waals surface area (Å²) in [5.74, 6) is 1.68. The first kappa shape index (κ1) is 25.9. The van der Waals surface area contributed by atoms with Crippen molar-refractivity contribution in [3.63, 3.8) is 0 Å². The molecule has 7 nitrogen and oxygen atoms in total. The minimum Gasteiger partial charge on any atom is -0.497 e. The van der Waals surface area contributed by atoms with Crippen molar-refractivity contribution in [1.29, 1.82) is 0 Å². The summed E-state index contributed by atoms with van der Waals surface area (Å²) in [5.41, 5.74) is 1.15. The molecule has 1 atom stereocenters. The Morgan fingerprint density at radius 2 is 1.79 bits per heavy atom. The number of guanidine groups is 1. The van der Waals surface area contributed by atoms with Crippen LogP contribution in [-0.2, 0) is 20.8 Å². The molecule has 29 heavy (non-hydrogen) atoms. The van der Waals surface area contributed by atoms with Crippen LogP contribution in [-0.4, -0.2) is 65.7 Å². The minimum atomic E-state index is 0. The Labute approximate surface area is 191 Å². The van der Waals surface area contributed by atoms with Crippen molar-refractivity contribution >= 4 is 29.9 Å². The van der Waals surface area contributed by atoms with Crippen LogP contribution in [0.2, 0.25) is 0 Å². The molecule has 2 N–H and O–H groups in total. The van der Waals surface area contributed by atoms with Crippen LogP contribution in [0.15, 0.2) is 29.3 Å². The van der Waals surface area contributed by atoms with E-state index in [1.54, 1.807) is 14.2 Å². The first-order valence-corrected chi connectivity index (χ1v) is 10.2. The monoisotopic (exact) mass is 521 g/mol. The second-order valence-electron chi connectivity index (χ2n) is 6.74. The Hall–Kier alpha value is -1.10. The van der Waals surface area contributed by atoms with Crippen LogP contribution in [0.3, 0.4) is 0 Å². The topological polar surface area (TPSA) is 73.3 Å². The van der Waals surface area contributed by atoms with Crippen LogP contribution >= 0.6 is 24.0 Å². The average molecular weight is 521 g/mol. The largest absolute Gasteiger partial charge is 0.497 e. The highest BCUT2D eigenvalue weighted by Gasteiger charge is 2.14. The van der Waals surface area contributed by atoms with Gasteiger partial charge in [0, 0.05) is 40.0 Å². The van der Waals surface area contributed by atoms with Crippen LogP contribution in [0.1, 0.15) is 31.2 Å². The number of hydrogen-bond acceptors (Lipinski definition) is 5. The SMILES string of the molecule is CN=C(NCCCOCc1ccc(OC)cc1)NCCCOCC1CCCO1.I. The number of ether oxygens (including phenoxy) is 4. The van der Waals surface area contributed by atoms with Crippen LogP contribution in [0, 0.1) is 0 Å². The molecule has 1 fully saturated rings. The van der Waals surface area contributed by atoms with E-state index in [-0.39, 0.29) is 24.0 Å². The number of hydrogen-bond donors (Lipinski definition) is 2. The number of rotatable bonds is 13. The Morgan fingerprint density at radius 3 is 2.38 bits per heavy atom. The average Bonchev–Trinajstić information content (AvgIpc) is 3.25. The minimum absolute atomic E-state index is 0. The van der Waals surface area contributed by atoms with Crippen molar-refractivity contribution in [3.05, 3.63) is 29.8 Å². The number of halogens is 1. The third-order valence-corrected chi connectivity index (χ3v) is 4.49. The van der Waals surface area contributed by atoms with Crippen LogP contribution < -0.4 is 15.4 Å². The van der Waals surface area contributed by atoms with E-state index in [9.17, 15) is 0 Å². The zero-order valence-electron chi connectivity index (χ0n) is 17.7. The van der Waals surface area contributed by atoms with Gasteiger partial charge in [-0.15, -0.1) is 24.0 Å². The van der Waals surface area contributed by atoms with E-state index in [0.29, 0.717) is 25.9 Å². The zero-order valence-corrected chi connectivity index (χ0v) is 20.0. The van der Waals surface area contributed by atoms with E-state index in [2.05, 4.69) is 15.6 Å². The van der Waals surface area contributed by atoms with E-state index in [4.69, 9.17) is 18.9 Å². The van der Waals surface area contributed by atoms with Gasteiger partial charge in [-0.3, -0.25) is 4.99 Å². The van der Waals surface area contributed by atoms with Gasteiger partial charge in [0.1, 0.15) is 5.75 Å². The summed E-state index contributed by atoms with van der Waals surface area (Å²) < 4.78 is 22.1. The first-order chi connectivity index (χ1) is 13.8. The molecule has 2 rings (SSSR count). The van der Waals surface area contributed by atoms with Gasteiger partial charge < -0.3 is 29.6 Å². The maximum absolute atomic E-state index is 5.71. The molecule has 0 radical (unpaired) electrons. The number of benzene rings is 1. The quantitative estimate of drug-likeness (QED) is 0.180. The van der Waals surface area contributed by atoms with Gasteiger partial charge in [-0.1, -0.05) is 12.1 Å². The number of nitrogens with one attached hydrogen (secondary N) is 2. The van der Waals surface area contributed by atoms with E-state index in [1.165, 1.54) is 0 Å². The third kappa shape index (κ3) is 11.6. The molecule has 0 saturated carbocycles. The lowest BCUT2D eigenvalue weighted by molar-refractivity contribution is 0.0168. The van der Waals surface area contributed by atoms with Gasteiger partial charge in [0.2, 0.25) is 0 Å². The fourth-order valence-corrected chi connectivity index (χ4v) is 2.88. The van der Waals surface area contributed by atoms with Crippen LogP contribution in [0.4, 0.5) is 0 Å². The summed E-state index contributed by atoms with van der Waals surface area (Å²) in [5, 5.41) is 6.60. The maximum atomic E-state index is 5.71. The smallest absolute Gasteiger partial charge is 0.190 e. The normalized spacial score (nSPS) is 16.3. The van der Waals surface area contributed by atoms with Gasteiger partial charge in [-0.05, 0) is 43.4 Å². The summed E-state index contributed by atoms with van der Waals surface area (Å²) in [6.45, 7) is 5.30. The molecule has 0 spiro atoms. The van der Waals surface area contributed by atoms with Crippen LogP contribution in [0.5, 0.6) is 5.75 Å². The fourth-order valence-electron chi connectivity index (χ4n) is 2.88. The molecule has 166 valence electrons. The van der Waals surface area contributed by atoms with Gasteiger partial charge in [-0.25, -0.2) is 0 Å². The third-order valence-electron chi connectivity index (χ3n) is 4.49. The van der Waals surface area contributed by atoms with E-state index in [0.717, 1.165) is 69.3 Å². The van der Waals surface area contributed by atoms with E-state index in [1.807, 2.05) is 24.3 Å². The standard InChI is InChI=1S/C21H35N3O4.HI/c1-22-21(24-12-5-14-27-17-20-6-3-15-28-20)23-11-4-13-26-16-18-7-9-19(25-2)10-8-18;/h7-10,20H,3-6,11-17H2,1-2H3,(H2,22,23,24);1H. The molecule has 0 amide bonds. The molecule has 1 aromatic rings. The van der Waals surface area contributed by atoms with Crippen molar-refractivity contribution in [2.45, 2.75) is 38.4 Å². The molecule has 1 aromatic carbocycles. The maximum Gasteiger partial charge on any atom is 0.190 e. The Balaban J connectivity index is 0.00000420. The molecular formula is C21H36IN3O4. The molecule has 0 aliphatic carbocycles. The molecule has 0 aromatic heterocycles. The first-order valence-electron chi connectivity index (χ1n) is 10.2. The molecule has 0 bridgehead atoms. The van der Waals surface area contributed by atoms with E-state index < -0.39 is 0 Å². The lowest BCUT2D eigenvalue weighted by atomic mass is 10.2. The second-order valence-corrected chi connectivity index (χ2v) is 6.74. The number of aliphatic imine (C=N–C) groups is 1. The lowest BCUT2D eigenvalue weighted by Gasteiger charge is -2.13. The predicted molar refractivity (Wildman–Crippen MR) is 126 cm³/mol. The van der Waals surface area contributed by atoms with Crippen molar-refractivity contribution < 1.29 is 18.9 Å². The molecule has 1 unspecified atom stereocenters. The Kier molecular flexibility index (Phi) is 14.9. The van der Waals surface area contributed by atoms with Gasteiger partial charge >= 0.3 is 0 Å². The molecule has 1 heterocycles. The van der Waals surface area contributed by atoms with Crippen molar-refractivity contribution in [1.82, 2.24) is 10.6 Å². The summed E-state index contributed by atoms with van der Waals surface area (Å²) in [6.07, 6.45) is 4.44. The van der Waals surface area contributed by atoms with Crippen molar-refractivity contribution in [3.8, 4) is 5.75 Å². The highest BCUT2D eigenvalue weighted by atomic mass is 127. The molecule has 1 aliphatic heterocycles. The summed E-state index contributed by atoms with van der Waals surface area (Å²) in [6, 6.07) is 7.94. The summed E-state index contributed by atoms with van der Waals surface area (Å²) in [7, 11) is 3.45. The second kappa shape index (κ2) is 16.7. The van der Waals surface area contributed by atoms with Gasteiger partial charge in [0.25, 0.3) is 0 Å². The molecule has 8 heteroatoms. The molecule has 1 aliphatic rings. The number of methoxy groups -OCH3 is 1. The van der Waals surface area contributed by atoms with Crippen LogP contribution in [0.25, 0.3) is 0 Å². The van der Waals surface area contributed by atoms with Gasteiger partial charge in [0.15, 0.2) is 5.96 Å². The van der Waals surface area contributed by atoms with Gasteiger partial charge in [-0.2, -0.15) is 0 Å². The summed E-state index contributed by atoms with van der Waals surface area (Å²) >= 11 is 0. The summed E-state index contributed by atoms with van der Waals surface area (Å²) in [4.78, 5) is 4.23. The zero-order chi connectivity index (χ0) is 19.9. The molecule has 1 saturated heterocycles.